The molecule has 0 unspecified atom stereocenters. The Morgan fingerprint density at radius 1 is 0.929 bits per heavy atom. The van der Waals surface area contributed by atoms with Gasteiger partial charge < -0.3 is 5.32 Å². The highest BCUT2D eigenvalue weighted by atomic mass is 16.2. The van der Waals surface area contributed by atoms with E-state index in [1.54, 1.807) is 24.3 Å². The fourth-order valence-corrected chi connectivity index (χ4v) is 4.23. The van der Waals surface area contributed by atoms with Crippen molar-refractivity contribution in [2.45, 2.75) is 39.5 Å². The smallest absolute Gasteiger partial charge is 0.255 e. The highest BCUT2D eigenvalue weighted by molar-refractivity contribution is 6.22. The molecule has 1 N–H and O–H groups in total. The first-order valence-electron chi connectivity index (χ1n) is 9.82. The highest BCUT2D eigenvalue weighted by Crippen LogP contribution is 2.40. The van der Waals surface area contributed by atoms with Crippen LogP contribution in [0.25, 0.3) is 0 Å². The quantitative estimate of drug-likeness (QED) is 0.815. The van der Waals surface area contributed by atoms with Crippen molar-refractivity contribution in [3.05, 3.63) is 59.2 Å². The van der Waals surface area contributed by atoms with Gasteiger partial charge >= 0.3 is 0 Å². The van der Waals surface area contributed by atoms with E-state index in [-0.39, 0.29) is 29.6 Å². The van der Waals surface area contributed by atoms with Gasteiger partial charge in [-0.1, -0.05) is 25.0 Å². The zero-order valence-corrected chi connectivity index (χ0v) is 16.2. The van der Waals surface area contributed by atoms with Crippen molar-refractivity contribution in [3.8, 4) is 0 Å². The van der Waals surface area contributed by atoms with Crippen LogP contribution in [0.15, 0.2) is 42.5 Å². The van der Waals surface area contributed by atoms with Gasteiger partial charge in [-0.2, -0.15) is 0 Å². The summed E-state index contributed by atoms with van der Waals surface area (Å²) < 4.78 is 0. The maximum atomic E-state index is 12.8. The van der Waals surface area contributed by atoms with E-state index in [1.807, 2.05) is 32.0 Å². The molecule has 144 valence electrons. The number of nitrogens with zero attached hydrogens (tertiary/aromatic N) is 1. The molecule has 2 atom stereocenters. The molecular formula is C23H24N2O3. The normalized spacial score (nSPS) is 21.6. The average molecular weight is 376 g/mol. The number of nitrogens with one attached hydrogen (secondary N) is 1. The molecule has 3 amide bonds. The summed E-state index contributed by atoms with van der Waals surface area (Å²) in [5, 5.41) is 2.89. The Morgan fingerprint density at radius 2 is 1.61 bits per heavy atom. The third-order valence-corrected chi connectivity index (χ3v) is 5.97. The summed E-state index contributed by atoms with van der Waals surface area (Å²) in [6, 6.07) is 12.5. The largest absolute Gasteiger partial charge is 0.322 e. The summed E-state index contributed by atoms with van der Waals surface area (Å²) in [5.41, 5.74) is 3.89. The molecule has 2 aromatic rings. The summed E-state index contributed by atoms with van der Waals surface area (Å²) in [4.78, 5) is 39.6. The molecule has 2 aliphatic rings. The number of hydrogen-bond acceptors (Lipinski definition) is 3. The van der Waals surface area contributed by atoms with Gasteiger partial charge in [-0.05, 0) is 68.1 Å². The Hall–Kier alpha value is -2.95. The molecular weight excluding hydrogens is 352 g/mol. The molecule has 0 aromatic heterocycles. The number of carbonyl (C=O) groups is 3. The van der Waals surface area contributed by atoms with Crippen LogP contribution in [0.4, 0.5) is 11.4 Å². The van der Waals surface area contributed by atoms with Crippen molar-refractivity contribution in [1.29, 1.82) is 0 Å². The molecule has 0 radical (unpaired) electrons. The molecule has 2 aromatic carbocycles. The van der Waals surface area contributed by atoms with Crippen molar-refractivity contribution in [1.82, 2.24) is 0 Å². The predicted octanol–water partition coefficient (Wildman–Crippen LogP) is 4.24. The number of fused-ring (bicyclic) bond motifs is 1. The number of hydrogen-bond donors (Lipinski definition) is 1. The van der Waals surface area contributed by atoms with Crippen LogP contribution in [-0.2, 0) is 9.59 Å². The standard InChI is InChI=1S/C23H24N2O3/c1-14-10-11-17(12-15(14)2)24-21(26)16-6-5-7-18(13-16)25-22(27)19-8-3-4-9-20(19)23(25)28/h5-7,10-13,19-20H,3-4,8-9H2,1-2H3,(H,24,26)/t19-,20-/m0/s1. The predicted molar refractivity (Wildman–Crippen MR) is 108 cm³/mol. The Bertz CT molecular complexity index is 942. The molecule has 1 saturated carbocycles. The third kappa shape index (κ3) is 3.21. The van der Waals surface area contributed by atoms with Crippen LogP contribution in [0.3, 0.4) is 0 Å². The lowest BCUT2D eigenvalue weighted by Gasteiger charge is -2.19. The molecule has 1 heterocycles. The van der Waals surface area contributed by atoms with E-state index < -0.39 is 0 Å². The van der Waals surface area contributed by atoms with Gasteiger partial charge in [0.1, 0.15) is 0 Å². The lowest BCUT2D eigenvalue weighted by Crippen LogP contribution is -2.31. The Morgan fingerprint density at radius 3 is 2.25 bits per heavy atom. The van der Waals surface area contributed by atoms with Crippen LogP contribution in [0.2, 0.25) is 0 Å². The van der Waals surface area contributed by atoms with Gasteiger partial charge in [-0.3, -0.25) is 19.3 Å². The summed E-state index contributed by atoms with van der Waals surface area (Å²) in [6.07, 6.45) is 3.54. The van der Waals surface area contributed by atoms with Crippen LogP contribution in [0, 0.1) is 25.7 Å². The van der Waals surface area contributed by atoms with Crippen LogP contribution in [-0.4, -0.2) is 17.7 Å². The fourth-order valence-electron chi connectivity index (χ4n) is 4.23. The first kappa shape index (κ1) is 18.4. The summed E-state index contributed by atoms with van der Waals surface area (Å²) in [5.74, 6) is -0.909. The molecule has 28 heavy (non-hydrogen) atoms. The number of imide groups is 1. The maximum Gasteiger partial charge on any atom is 0.255 e. The van der Waals surface area contributed by atoms with Crippen LogP contribution in [0.5, 0.6) is 0 Å². The van der Waals surface area contributed by atoms with E-state index in [0.29, 0.717) is 11.3 Å². The molecule has 0 spiro atoms. The van der Waals surface area contributed by atoms with Crippen LogP contribution < -0.4 is 10.2 Å². The van der Waals surface area contributed by atoms with Crippen molar-refractivity contribution in [3.63, 3.8) is 0 Å². The number of aryl methyl sites for hydroxylation is 2. The number of carbonyl (C=O) groups excluding carboxylic acids is 3. The van der Waals surface area contributed by atoms with Gasteiger partial charge in [0.25, 0.3) is 5.91 Å². The Labute approximate surface area is 164 Å². The molecule has 1 saturated heterocycles. The lowest BCUT2D eigenvalue weighted by molar-refractivity contribution is -0.122. The minimum absolute atomic E-state index is 0.124. The second-order valence-electron chi connectivity index (χ2n) is 7.81. The summed E-state index contributed by atoms with van der Waals surface area (Å²) in [6.45, 7) is 4.02. The minimum atomic E-state index is -0.262. The molecule has 1 aliphatic carbocycles. The summed E-state index contributed by atoms with van der Waals surface area (Å²) >= 11 is 0. The first-order valence-corrected chi connectivity index (χ1v) is 9.82. The average Bonchev–Trinajstić information content (AvgIpc) is 2.96. The second kappa shape index (κ2) is 7.23. The first-order chi connectivity index (χ1) is 13.5. The highest BCUT2D eigenvalue weighted by Gasteiger charge is 2.48. The van der Waals surface area contributed by atoms with E-state index in [0.717, 1.165) is 42.5 Å². The van der Waals surface area contributed by atoms with Crippen LogP contribution in [0.1, 0.15) is 47.2 Å². The molecule has 1 aliphatic heterocycles. The zero-order valence-electron chi connectivity index (χ0n) is 16.2. The Kier molecular flexibility index (Phi) is 4.75. The number of anilines is 2. The molecule has 5 nitrogen and oxygen atoms in total. The van der Waals surface area contributed by atoms with E-state index in [2.05, 4.69) is 5.32 Å². The minimum Gasteiger partial charge on any atom is -0.322 e. The van der Waals surface area contributed by atoms with Crippen molar-refractivity contribution >= 4 is 29.1 Å². The van der Waals surface area contributed by atoms with E-state index in [9.17, 15) is 14.4 Å². The maximum absolute atomic E-state index is 12.8. The molecule has 0 bridgehead atoms. The lowest BCUT2D eigenvalue weighted by atomic mass is 9.81. The molecule has 5 heteroatoms. The van der Waals surface area contributed by atoms with Gasteiger partial charge in [0.2, 0.25) is 11.8 Å². The van der Waals surface area contributed by atoms with E-state index in [1.165, 1.54) is 4.90 Å². The fraction of sp³-hybridized carbons (Fsp3) is 0.348. The second-order valence-corrected chi connectivity index (χ2v) is 7.81. The van der Waals surface area contributed by atoms with Gasteiger partial charge in [0.15, 0.2) is 0 Å². The summed E-state index contributed by atoms with van der Waals surface area (Å²) in [7, 11) is 0. The molecule has 2 fully saturated rings. The third-order valence-electron chi connectivity index (χ3n) is 5.97. The van der Waals surface area contributed by atoms with Crippen LogP contribution >= 0.6 is 0 Å². The van der Waals surface area contributed by atoms with Crippen molar-refractivity contribution < 1.29 is 14.4 Å². The number of amides is 3. The SMILES string of the molecule is Cc1ccc(NC(=O)c2cccc(N3C(=O)[C@H]4CCCC[C@@H]4C3=O)c2)cc1C. The van der Waals surface area contributed by atoms with E-state index in [4.69, 9.17) is 0 Å². The molecule has 4 rings (SSSR count). The zero-order chi connectivity index (χ0) is 19.8. The topological polar surface area (TPSA) is 66.5 Å². The number of rotatable bonds is 3. The Balaban J connectivity index is 1.57. The van der Waals surface area contributed by atoms with E-state index >= 15 is 0 Å². The van der Waals surface area contributed by atoms with Gasteiger partial charge in [-0.15, -0.1) is 0 Å². The number of benzene rings is 2. The monoisotopic (exact) mass is 376 g/mol. The van der Waals surface area contributed by atoms with Gasteiger partial charge in [0, 0.05) is 11.3 Å². The van der Waals surface area contributed by atoms with Gasteiger partial charge in [0.05, 0.1) is 17.5 Å². The van der Waals surface area contributed by atoms with Crippen molar-refractivity contribution in [2.75, 3.05) is 10.2 Å². The van der Waals surface area contributed by atoms with Gasteiger partial charge in [-0.25, -0.2) is 0 Å². The van der Waals surface area contributed by atoms with Crippen molar-refractivity contribution in [2.24, 2.45) is 11.8 Å².